The van der Waals surface area contributed by atoms with Gasteiger partial charge in [0.1, 0.15) is 11.5 Å². The molecule has 0 atom stereocenters. The molecule has 0 spiro atoms. The van der Waals surface area contributed by atoms with Gasteiger partial charge in [-0.05, 0) is 44.1 Å². The monoisotopic (exact) mass is 294 g/mol. The summed E-state index contributed by atoms with van der Waals surface area (Å²) in [6, 6.07) is 4.56. The van der Waals surface area contributed by atoms with E-state index in [-0.39, 0.29) is 23.3 Å². The molecule has 0 unspecified atom stereocenters. The lowest BCUT2D eigenvalue weighted by atomic mass is 10.1. The Morgan fingerprint density at radius 1 is 1.43 bits per heavy atom. The Bertz CT molecular complexity index is 473. The van der Waals surface area contributed by atoms with E-state index in [0.717, 1.165) is 25.9 Å². The fraction of sp³-hybridized carbons (Fsp3) is 0.533. The minimum Gasteiger partial charge on any atom is -0.507 e. The third kappa shape index (κ3) is 4.61. The van der Waals surface area contributed by atoms with Gasteiger partial charge in [0, 0.05) is 6.54 Å². The maximum absolute atomic E-state index is 12.0. The first-order valence-electron chi connectivity index (χ1n) is 7.18. The zero-order valence-electron chi connectivity index (χ0n) is 12.2. The van der Waals surface area contributed by atoms with Gasteiger partial charge in [0.15, 0.2) is 0 Å². The topological polar surface area (TPSA) is 79.8 Å². The third-order valence-electron chi connectivity index (χ3n) is 3.48. The van der Waals surface area contributed by atoms with E-state index in [1.807, 2.05) is 0 Å². The van der Waals surface area contributed by atoms with Gasteiger partial charge in [-0.15, -0.1) is 0 Å². The molecule has 1 aliphatic heterocycles. The lowest BCUT2D eigenvalue weighted by Gasteiger charge is -2.22. The molecule has 0 bridgehead atoms. The summed E-state index contributed by atoms with van der Waals surface area (Å²) in [6.07, 6.45) is 2.28. The van der Waals surface area contributed by atoms with Crippen molar-refractivity contribution >= 4 is 5.91 Å². The van der Waals surface area contributed by atoms with Crippen LogP contribution in [0.25, 0.3) is 0 Å². The first-order valence-corrected chi connectivity index (χ1v) is 7.18. The fourth-order valence-corrected chi connectivity index (χ4v) is 2.27. The van der Waals surface area contributed by atoms with Crippen LogP contribution in [0.4, 0.5) is 0 Å². The van der Waals surface area contributed by atoms with Crippen LogP contribution in [0.1, 0.15) is 23.2 Å². The quantitative estimate of drug-likeness (QED) is 0.679. The number of phenols is 1. The number of nitrogens with one attached hydrogen (secondary N) is 2. The summed E-state index contributed by atoms with van der Waals surface area (Å²) in [5.74, 6) is 0.136. The summed E-state index contributed by atoms with van der Waals surface area (Å²) >= 11 is 0. The van der Waals surface area contributed by atoms with Crippen molar-refractivity contribution < 1.29 is 19.4 Å². The number of methoxy groups -OCH3 is 1. The highest BCUT2D eigenvalue weighted by Crippen LogP contribution is 2.22. The number of carbonyl (C=O) groups excluding carboxylic acids is 1. The minimum atomic E-state index is -0.333. The van der Waals surface area contributed by atoms with E-state index >= 15 is 0 Å². The van der Waals surface area contributed by atoms with Gasteiger partial charge in [-0.1, -0.05) is 0 Å². The first-order chi connectivity index (χ1) is 10.2. The van der Waals surface area contributed by atoms with Crippen molar-refractivity contribution in [1.82, 2.24) is 10.6 Å². The summed E-state index contributed by atoms with van der Waals surface area (Å²) in [7, 11) is 1.51. The Labute approximate surface area is 124 Å². The molecular weight excluding hydrogens is 272 g/mol. The van der Waals surface area contributed by atoms with E-state index in [2.05, 4.69) is 10.6 Å². The molecule has 1 aromatic carbocycles. The number of benzene rings is 1. The zero-order valence-corrected chi connectivity index (χ0v) is 12.2. The Hall–Kier alpha value is -1.79. The largest absolute Gasteiger partial charge is 0.507 e. The summed E-state index contributed by atoms with van der Waals surface area (Å²) in [6.45, 7) is 2.85. The Morgan fingerprint density at radius 2 is 2.19 bits per heavy atom. The smallest absolute Gasteiger partial charge is 0.255 e. The number of piperidine rings is 1. The third-order valence-corrected chi connectivity index (χ3v) is 3.48. The van der Waals surface area contributed by atoms with Gasteiger partial charge in [-0.3, -0.25) is 4.79 Å². The van der Waals surface area contributed by atoms with Crippen molar-refractivity contribution in [3.63, 3.8) is 0 Å². The van der Waals surface area contributed by atoms with Crippen molar-refractivity contribution in [2.45, 2.75) is 18.9 Å². The van der Waals surface area contributed by atoms with Gasteiger partial charge in [0.05, 0.1) is 25.4 Å². The molecule has 1 fully saturated rings. The zero-order chi connectivity index (χ0) is 15.1. The minimum absolute atomic E-state index is 0.0624. The molecule has 3 N–H and O–H groups in total. The highest BCUT2D eigenvalue weighted by molar-refractivity contribution is 5.97. The number of hydrogen-bond donors (Lipinski definition) is 3. The average Bonchev–Trinajstić information content (AvgIpc) is 2.53. The molecule has 0 aromatic heterocycles. The van der Waals surface area contributed by atoms with E-state index in [1.165, 1.54) is 19.2 Å². The van der Waals surface area contributed by atoms with E-state index in [0.29, 0.717) is 18.9 Å². The Kier molecular flexibility index (Phi) is 5.83. The number of ether oxygens (including phenoxy) is 2. The maximum atomic E-state index is 12.0. The number of phenolic OH excluding ortho intramolecular Hbond substituents is 1. The summed E-state index contributed by atoms with van der Waals surface area (Å²) in [5, 5.41) is 15.7. The molecule has 21 heavy (non-hydrogen) atoms. The van der Waals surface area contributed by atoms with Crippen molar-refractivity contribution in [3.05, 3.63) is 23.8 Å². The maximum Gasteiger partial charge on any atom is 0.255 e. The van der Waals surface area contributed by atoms with Crippen molar-refractivity contribution in [1.29, 1.82) is 0 Å². The number of amides is 1. The summed E-state index contributed by atoms with van der Waals surface area (Å²) in [4.78, 5) is 12.0. The molecule has 0 aliphatic carbocycles. The van der Waals surface area contributed by atoms with E-state index < -0.39 is 0 Å². The highest BCUT2D eigenvalue weighted by atomic mass is 16.5. The molecule has 1 aromatic rings. The average molecular weight is 294 g/mol. The SMILES string of the molecule is COc1ccc(O)c(C(=O)NCCOC2CCNCC2)c1. The second-order valence-corrected chi connectivity index (χ2v) is 4.96. The van der Waals surface area contributed by atoms with Gasteiger partial charge in [-0.2, -0.15) is 0 Å². The van der Waals surface area contributed by atoms with Crippen LogP contribution in [0.3, 0.4) is 0 Å². The van der Waals surface area contributed by atoms with Gasteiger partial charge in [0.25, 0.3) is 5.91 Å². The molecule has 1 amide bonds. The van der Waals surface area contributed by atoms with Crippen LogP contribution in [0.2, 0.25) is 0 Å². The number of rotatable bonds is 6. The van der Waals surface area contributed by atoms with Crippen LogP contribution in [-0.2, 0) is 4.74 Å². The Balaban J connectivity index is 1.76. The molecule has 116 valence electrons. The van der Waals surface area contributed by atoms with Gasteiger partial charge in [0.2, 0.25) is 0 Å². The van der Waals surface area contributed by atoms with Gasteiger partial charge in [-0.25, -0.2) is 0 Å². The molecule has 1 aliphatic rings. The number of aromatic hydroxyl groups is 1. The molecule has 6 nitrogen and oxygen atoms in total. The predicted molar refractivity (Wildman–Crippen MR) is 78.8 cm³/mol. The van der Waals surface area contributed by atoms with Crippen molar-refractivity contribution in [3.8, 4) is 11.5 Å². The predicted octanol–water partition coefficient (Wildman–Crippen LogP) is 0.899. The van der Waals surface area contributed by atoms with E-state index in [4.69, 9.17) is 9.47 Å². The lowest BCUT2D eigenvalue weighted by Crippen LogP contribution is -2.34. The molecule has 0 radical (unpaired) electrons. The van der Waals surface area contributed by atoms with Crippen LogP contribution in [-0.4, -0.2) is 50.5 Å². The van der Waals surface area contributed by atoms with E-state index in [9.17, 15) is 9.90 Å². The number of hydrogen-bond acceptors (Lipinski definition) is 5. The first kappa shape index (κ1) is 15.6. The van der Waals surface area contributed by atoms with Crippen LogP contribution in [0, 0.1) is 0 Å². The van der Waals surface area contributed by atoms with Gasteiger partial charge < -0.3 is 25.2 Å². The van der Waals surface area contributed by atoms with Crippen LogP contribution in [0.15, 0.2) is 18.2 Å². The second-order valence-electron chi connectivity index (χ2n) is 4.96. The Morgan fingerprint density at radius 3 is 2.90 bits per heavy atom. The van der Waals surface area contributed by atoms with Crippen LogP contribution < -0.4 is 15.4 Å². The molecule has 1 heterocycles. The lowest BCUT2D eigenvalue weighted by molar-refractivity contribution is 0.0343. The normalized spacial score (nSPS) is 15.7. The van der Waals surface area contributed by atoms with Crippen molar-refractivity contribution in [2.75, 3.05) is 33.4 Å². The van der Waals surface area contributed by atoms with Crippen LogP contribution >= 0.6 is 0 Å². The second kappa shape index (κ2) is 7.85. The fourth-order valence-electron chi connectivity index (χ4n) is 2.27. The number of carbonyl (C=O) groups is 1. The van der Waals surface area contributed by atoms with Crippen LogP contribution in [0.5, 0.6) is 11.5 Å². The molecular formula is C15H22N2O4. The molecule has 1 saturated heterocycles. The van der Waals surface area contributed by atoms with E-state index in [1.54, 1.807) is 6.07 Å². The highest BCUT2D eigenvalue weighted by Gasteiger charge is 2.14. The standard InChI is InChI=1S/C15H22N2O4/c1-20-12-2-3-14(18)13(10-12)15(19)17-8-9-21-11-4-6-16-7-5-11/h2-3,10-11,16,18H,4-9H2,1H3,(H,17,19). The summed E-state index contributed by atoms with van der Waals surface area (Å²) < 4.78 is 10.7. The molecule has 6 heteroatoms. The van der Waals surface area contributed by atoms with Gasteiger partial charge >= 0.3 is 0 Å². The van der Waals surface area contributed by atoms with Crippen molar-refractivity contribution in [2.24, 2.45) is 0 Å². The summed E-state index contributed by atoms with van der Waals surface area (Å²) in [5.41, 5.74) is 0.205. The molecule has 2 rings (SSSR count). The molecule has 0 saturated carbocycles.